The van der Waals surface area contributed by atoms with E-state index in [2.05, 4.69) is 21.0 Å². The minimum atomic E-state index is -0.503. The molecule has 0 spiro atoms. The van der Waals surface area contributed by atoms with Crippen molar-refractivity contribution in [2.75, 3.05) is 6.54 Å². The molecule has 1 aromatic heterocycles. The molecule has 3 aromatic rings. The third-order valence-electron chi connectivity index (χ3n) is 4.92. The van der Waals surface area contributed by atoms with Crippen molar-refractivity contribution in [1.29, 1.82) is 0 Å². The van der Waals surface area contributed by atoms with Crippen molar-refractivity contribution in [3.63, 3.8) is 0 Å². The summed E-state index contributed by atoms with van der Waals surface area (Å²) >= 11 is 0. The van der Waals surface area contributed by atoms with Gasteiger partial charge in [-0.25, -0.2) is 0 Å². The number of aromatic amines is 1. The second-order valence-electron chi connectivity index (χ2n) is 7.06. The number of benzene rings is 2. The Kier molecular flexibility index (Phi) is 5.56. The van der Waals surface area contributed by atoms with Crippen LogP contribution in [0.5, 0.6) is 0 Å². The summed E-state index contributed by atoms with van der Waals surface area (Å²) in [5, 5.41) is 6.80. The van der Waals surface area contributed by atoms with E-state index < -0.39 is 11.8 Å². The Morgan fingerprint density at radius 1 is 1.00 bits per heavy atom. The predicted octanol–water partition coefficient (Wildman–Crippen LogP) is 2.27. The van der Waals surface area contributed by atoms with Crippen LogP contribution >= 0.6 is 0 Å². The summed E-state index contributed by atoms with van der Waals surface area (Å²) in [5.41, 5.74) is 7.81. The van der Waals surface area contributed by atoms with E-state index >= 15 is 0 Å². The van der Waals surface area contributed by atoms with Crippen molar-refractivity contribution >= 4 is 17.7 Å². The molecule has 152 valence electrons. The van der Waals surface area contributed by atoms with Gasteiger partial charge in [0.15, 0.2) is 0 Å². The molecule has 2 heterocycles. The molecule has 3 N–H and O–H groups in total. The molecule has 3 amide bonds. The minimum absolute atomic E-state index is 0.131. The molecule has 0 aliphatic carbocycles. The Morgan fingerprint density at radius 3 is 2.57 bits per heavy atom. The minimum Gasteiger partial charge on any atom is -0.338 e. The van der Waals surface area contributed by atoms with Crippen LogP contribution in [0.1, 0.15) is 39.3 Å². The number of carbonyl (C=O) groups is 3. The number of hydrogen-bond acceptors (Lipinski definition) is 4. The molecule has 1 fully saturated rings. The van der Waals surface area contributed by atoms with Crippen LogP contribution in [0.4, 0.5) is 0 Å². The van der Waals surface area contributed by atoms with E-state index in [-0.39, 0.29) is 11.6 Å². The smallest absolute Gasteiger partial charge is 0.287 e. The summed E-state index contributed by atoms with van der Waals surface area (Å²) in [4.78, 5) is 38.3. The number of rotatable bonds is 5. The molecule has 8 nitrogen and oxygen atoms in total. The van der Waals surface area contributed by atoms with Gasteiger partial charge < -0.3 is 4.90 Å². The van der Waals surface area contributed by atoms with E-state index in [1.165, 1.54) is 0 Å². The van der Waals surface area contributed by atoms with Gasteiger partial charge in [-0.1, -0.05) is 42.5 Å². The molecular formula is C22H21N5O3. The zero-order valence-electron chi connectivity index (χ0n) is 16.2. The van der Waals surface area contributed by atoms with Gasteiger partial charge in [0.2, 0.25) is 5.91 Å². The maximum Gasteiger partial charge on any atom is 0.287 e. The SMILES string of the molecule is O=C(NNC(=O)c1cc(-c2ccccc2)n[nH]1)c1cccc(CN2CCCC2=O)c1. The van der Waals surface area contributed by atoms with Crippen LogP contribution in [0.3, 0.4) is 0 Å². The van der Waals surface area contributed by atoms with Crippen molar-refractivity contribution in [2.24, 2.45) is 0 Å². The molecule has 1 aliphatic heterocycles. The molecular weight excluding hydrogens is 382 g/mol. The quantitative estimate of drug-likeness (QED) is 0.568. The Balaban J connectivity index is 1.35. The lowest BCUT2D eigenvalue weighted by Gasteiger charge is -2.16. The largest absolute Gasteiger partial charge is 0.338 e. The van der Waals surface area contributed by atoms with Gasteiger partial charge in [-0.2, -0.15) is 5.10 Å². The Morgan fingerprint density at radius 2 is 1.80 bits per heavy atom. The number of carbonyl (C=O) groups excluding carboxylic acids is 3. The normalized spacial score (nSPS) is 13.3. The molecule has 30 heavy (non-hydrogen) atoms. The molecule has 8 heteroatoms. The fourth-order valence-corrected chi connectivity index (χ4v) is 3.35. The van der Waals surface area contributed by atoms with E-state index in [1.54, 1.807) is 29.2 Å². The zero-order valence-corrected chi connectivity index (χ0v) is 16.2. The first kappa shape index (κ1) is 19.4. The first-order valence-corrected chi connectivity index (χ1v) is 9.68. The molecule has 1 saturated heterocycles. The summed E-state index contributed by atoms with van der Waals surface area (Å²) in [7, 11) is 0. The van der Waals surface area contributed by atoms with E-state index in [0.29, 0.717) is 24.2 Å². The van der Waals surface area contributed by atoms with Crippen molar-refractivity contribution in [1.82, 2.24) is 25.9 Å². The second-order valence-corrected chi connectivity index (χ2v) is 7.06. The van der Waals surface area contributed by atoms with Crippen molar-refractivity contribution in [3.8, 4) is 11.3 Å². The zero-order chi connectivity index (χ0) is 20.9. The van der Waals surface area contributed by atoms with Crippen LogP contribution in [-0.4, -0.2) is 39.4 Å². The maximum absolute atomic E-state index is 12.4. The fraction of sp³-hybridized carbons (Fsp3) is 0.182. The van der Waals surface area contributed by atoms with Gasteiger partial charge in [0.25, 0.3) is 11.8 Å². The highest BCUT2D eigenvalue weighted by Crippen LogP contribution is 2.17. The lowest BCUT2D eigenvalue weighted by Crippen LogP contribution is -2.41. The van der Waals surface area contributed by atoms with Gasteiger partial charge in [0.05, 0.1) is 5.69 Å². The Hall–Kier alpha value is -3.94. The van der Waals surface area contributed by atoms with Crippen LogP contribution in [0.2, 0.25) is 0 Å². The number of nitrogens with zero attached hydrogens (tertiary/aromatic N) is 2. The van der Waals surface area contributed by atoms with E-state index in [0.717, 1.165) is 24.1 Å². The summed E-state index contributed by atoms with van der Waals surface area (Å²) < 4.78 is 0. The number of aromatic nitrogens is 2. The highest BCUT2D eigenvalue weighted by Gasteiger charge is 2.20. The van der Waals surface area contributed by atoms with Gasteiger partial charge in [-0.05, 0) is 30.2 Å². The highest BCUT2D eigenvalue weighted by molar-refractivity contribution is 5.98. The average molecular weight is 403 g/mol. The van der Waals surface area contributed by atoms with Gasteiger partial charge in [-0.15, -0.1) is 0 Å². The first-order chi connectivity index (χ1) is 14.6. The van der Waals surface area contributed by atoms with Crippen molar-refractivity contribution < 1.29 is 14.4 Å². The lowest BCUT2D eigenvalue weighted by molar-refractivity contribution is -0.128. The second kappa shape index (κ2) is 8.60. The van der Waals surface area contributed by atoms with Crippen LogP contribution < -0.4 is 10.9 Å². The number of nitrogens with one attached hydrogen (secondary N) is 3. The lowest BCUT2D eigenvalue weighted by atomic mass is 10.1. The van der Waals surface area contributed by atoms with Crippen LogP contribution in [0.25, 0.3) is 11.3 Å². The highest BCUT2D eigenvalue weighted by atomic mass is 16.2. The van der Waals surface area contributed by atoms with E-state index in [9.17, 15) is 14.4 Å². The molecule has 4 rings (SSSR count). The molecule has 0 unspecified atom stereocenters. The van der Waals surface area contributed by atoms with E-state index in [1.807, 2.05) is 36.4 Å². The van der Waals surface area contributed by atoms with Crippen LogP contribution in [0, 0.1) is 0 Å². The number of hydrazine groups is 1. The fourth-order valence-electron chi connectivity index (χ4n) is 3.35. The Labute approximate surface area is 173 Å². The average Bonchev–Trinajstić information content (AvgIpc) is 3.42. The monoisotopic (exact) mass is 403 g/mol. The summed E-state index contributed by atoms with van der Waals surface area (Å²) in [6.45, 7) is 1.21. The number of hydrogen-bond donors (Lipinski definition) is 3. The summed E-state index contributed by atoms with van der Waals surface area (Å²) in [6.07, 6.45) is 1.44. The first-order valence-electron chi connectivity index (χ1n) is 9.68. The third-order valence-corrected chi connectivity index (χ3v) is 4.92. The molecule has 0 saturated carbocycles. The van der Waals surface area contributed by atoms with Gasteiger partial charge in [0.1, 0.15) is 5.69 Å². The van der Waals surface area contributed by atoms with Crippen LogP contribution in [-0.2, 0) is 11.3 Å². The van der Waals surface area contributed by atoms with Crippen LogP contribution in [0.15, 0.2) is 60.7 Å². The van der Waals surface area contributed by atoms with Gasteiger partial charge in [-0.3, -0.25) is 30.3 Å². The molecule has 0 atom stereocenters. The van der Waals surface area contributed by atoms with Crippen molar-refractivity contribution in [2.45, 2.75) is 19.4 Å². The van der Waals surface area contributed by atoms with Gasteiger partial charge in [0, 0.05) is 30.6 Å². The molecule has 1 aliphatic rings. The third kappa shape index (κ3) is 4.38. The van der Waals surface area contributed by atoms with Crippen molar-refractivity contribution in [3.05, 3.63) is 77.5 Å². The maximum atomic E-state index is 12.4. The Bertz CT molecular complexity index is 1080. The number of H-pyrrole nitrogens is 1. The van der Waals surface area contributed by atoms with Gasteiger partial charge >= 0.3 is 0 Å². The van der Waals surface area contributed by atoms with E-state index in [4.69, 9.17) is 0 Å². The molecule has 0 bridgehead atoms. The summed E-state index contributed by atoms with van der Waals surface area (Å²) in [5.74, 6) is -0.816. The predicted molar refractivity (Wildman–Crippen MR) is 110 cm³/mol. The molecule has 2 aromatic carbocycles. The number of amides is 3. The topological polar surface area (TPSA) is 107 Å². The standard InChI is InChI=1S/C22H21N5O3/c28-20-10-5-11-27(20)14-15-6-4-9-17(12-15)21(29)25-26-22(30)19-13-18(23-24-19)16-7-2-1-3-8-16/h1-4,6-9,12-13H,5,10-11,14H2,(H,23,24)(H,25,29)(H,26,30). The summed E-state index contributed by atoms with van der Waals surface area (Å²) in [6, 6.07) is 18.1. The number of likely N-dealkylation sites (tertiary alicyclic amines) is 1. The molecule has 0 radical (unpaired) electrons.